The number of halogens is 2. The molecule has 1 aromatic carbocycles. The highest BCUT2D eigenvalue weighted by Crippen LogP contribution is 2.33. The maximum Gasteiger partial charge on any atom is 0.250 e. The number of piperidine rings is 1. The van der Waals surface area contributed by atoms with Gasteiger partial charge in [0.2, 0.25) is 6.79 Å². The van der Waals surface area contributed by atoms with Crippen LogP contribution in [0.3, 0.4) is 0 Å². The Morgan fingerprint density at radius 1 is 1.11 bits per heavy atom. The fraction of sp³-hybridized carbons (Fsp3) is 0.538. The summed E-state index contributed by atoms with van der Waals surface area (Å²) in [5.74, 6) is -0.982. The SMILES string of the molecule is FC1(F)CCN(Cc2ccc3c(c2)OCO3)CC1. The molecule has 1 aromatic rings. The van der Waals surface area contributed by atoms with E-state index in [1.807, 2.05) is 18.2 Å². The molecule has 18 heavy (non-hydrogen) atoms. The minimum Gasteiger partial charge on any atom is -0.454 e. The first-order valence-corrected chi connectivity index (χ1v) is 6.11. The Balaban J connectivity index is 1.63. The number of likely N-dealkylation sites (tertiary alicyclic amines) is 1. The normalized spacial score (nSPS) is 22.1. The van der Waals surface area contributed by atoms with Crippen molar-refractivity contribution in [3.05, 3.63) is 23.8 Å². The second-order valence-electron chi connectivity index (χ2n) is 4.82. The van der Waals surface area contributed by atoms with Gasteiger partial charge >= 0.3 is 0 Å². The van der Waals surface area contributed by atoms with Crippen LogP contribution in [0.25, 0.3) is 0 Å². The third kappa shape index (κ3) is 2.41. The molecular weight excluding hydrogens is 240 g/mol. The number of rotatable bonds is 2. The van der Waals surface area contributed by atoms with Crippen molar-refractivity contribution in [2.24, 2.45) is 0 Å². The van der Waals surface area contributed by atoms with E-state index >= 15 is 0 Å². The van der Waals surface area contributed by atoms with Gasteiger partial charge in [-0.05, 0) is 17.7 Å². The van der Waals surface area contributed by atoms with Crippen LogP contribution < -0.4 is 9.47 Å². The van der Waals surface area contributed by atoms with Crippen LogP contribution in [0, 0.1) is 0 Å². The zero-order valence-corrected chi connectivity index (χ0v) is 9.99. The maximum atomic E-state index is 13.0. The third-order valence-electron chi connectivity index (χ3n) is 3.43. The summed E-state index contributed by atoms with van der Waals surface area (Å²) in [4.78, 5) is 2.05. The van der Waals surface area contributed by atoms with Crippen LogP contribution in [0.4, 0.5) is 8.78 Å². The summed E-state index contributed by atoms with van der Waals surface area (Å²) in [7, 11) is 0. The zero-order chi connectivity index (χ0) is 12.6. The van der Waals surface area contributed by atoms with Crippen molar-refractivity contribution in [1.82, 2.24) is 4.90 Å². The van der Waals surface area contributed by atoms with Crippen LogP contribution in [-0.4, -0.2) is 30.7 Å². The van der Waals surface area contributed by atoms with Crippen LogP contribution in [0.15, 0.2) is 18.2 Å². The van der Waals surface area contributed by atoms with Gasteiger partial charge in [-0.1, -0.05) is 6.07 Å². The zero-order valence-electron chi connectivity index (χ0n) is 9.99. The molecule has 0 N–H and O–H groups in total. The van der Waals surface area contributed by atoms with Gasteiger partial charge in [-0.2, -0.15) is 0 Å². The lowest BCUT2D eigenvalue weighted by atomic mass is 10.1. The van der Waals surface area contributed by atoms with E-state index in [9.17, 15) is 8.78 Å². The fourth-order valence-electron chi connectivity index (χ4n) is 2.34. The van der Waals surface area contributed by atoms with Crippen molar-refractivity contribution >= 4 is 0 Å². The topological polar surface area (TPSA) is 21.7 Å². The molecule has 0 aromatic heterocycles. The van der Waals surface area contributed by atoms with Gasteiger partial charge in [-0.25, -0.2) is 8.78 Å². The summed E-state index contributed by atoms with van der Waals surface area (Å²) >= 11 is 0. The molecule has 5 heteroatoms. The number of nitrogens with zero attached hydrogens (tertiary/aromatic N) is 1. The molecule has 1 fully saturated rings. The summed E-state index contributed by atoms with van der Waals surface area (Å²) in [5, 5.41) is 0. The first-order chi connectivity index (χ1) is 8.62. The Hall–Kier alpha value is -1.36. The summed E-state index contributed by atoms with van der Waals surface area (Å²) in [6.45, 7) is 1.84. The monoisotopic (exact) mass is 255 g/mol. The molecule has 2 aliphatic rings. The van der Waals surface area contributed by atoms with E-state index in [1.165, 1.54) is 0 Å². The van der Waals surface area contributed by atoms with Gasteiger partial charge in [0.25, 0.3) is 5.92 Å². The molecule has 0 aliphatic carbocycles. The minimum atomic E-state index is -2.48. The first kappa shape index (κ1) is 11.7. The van der Waals surface area contributed by atoms with Gasteiger partial charge in [-0.3, -0.25) is 4.90 Å². The Bertz CT molecular complexity index is 441. The number of hydrogen-bond donors (Lipinski definition) is 0. The lowest BCUT2D eigenvalue weighted by Crippen LogP contribution is -2.38. The van der Waals surface area contributed by atoms with Crippen LogP contribution in [0.2, 0.25) is 0 Å². The molecule has 0 spiro atoms. The van der Waals surface area contributed by atoms with E-state index in [0.717, 1.165) is 17.1 Å². The van der Waals surface area contributed by atoms with Gasteiger partial charge in [0.15, 0.2) is 11.5 Å². The van der Waals surface area contributed by atoms with E-state index < -0.39 is 5.92 Å². The summed E-state index contributed by atoms with van der Waals surface area (Å²) in [5.41, 5.74) is 1.07. The largest absolute Gasteiger partial charge is 0.454 e. The van der Waals surface area contributed by atoms with Crippen molar-refractivity contribution in [2.75, 3.05) is 19.9 Å². The van der Waals surface area contributed by atoms with Crippen LogP contribution in [-0.2, 0) is 6.54 Å². The van der Waals surface area contributed by atoms with E-state index in [4.69, 9.17) is 9.47 Å². The number of ether oxygens (including phenoxy) is 2. The quantitative estimate of drug-likeness (QED) is 0.811. The van der Waals surface area contributed by atoms with Crippen molar-refractivity contribution < 1.29 is 18.3 Å². The van der Waals surface area contributed by atoms with Gasteiger partial charge in [-0.15, -0.1) is 0 Å². The van der Waals surface area contributed by atoms with Crippen molar-refractivity contribution in [3.8, 4) is 11.5 Å². The number of alkyl halides is 2. The predicted octanol–water partition coefficient (Wildman–Crippen LogP) is 2.65. The lowest BCUT2D eigenvalue weighted by Gasteiger charge is -2.31. The van der Waals surface area contributed by atoms with Gasteiger partial charge in [0, 0.05) is 32.5 Å². The highest BCUT2D eigenvalue weighted by molar-refractivity contribution is 5.44. The molecule has 0 bridgehead atoms. The smallest absolute Gasteiger partial charge is 0.250 e. The highest BCUT2D eigenvalue weighted by Gasteiger charge is 2.33. The Morgan fingerprint density at radius 3 is 2.61 bits per heavy atom. The van der Waals surface area contributed by atoms with Crippen molar-refractivity contribution in [2.45, 2.75) is 25.3 Å². The maximum absolute atomic E-state index is 13.0. The molecule has 0 amide bonds. The Morgan fingerprint density at radius 2 is 1.83 bits per heavy atom. The van der Waals surface area contributed by atoms with Crippen LogP contribution in [0.5, 0.6) is 11.5 Å². The Kier molecular flexibility index (Phi) is 2.86. The van der Waals surface area contributed by atoms with Gasteiger partial charge < -0.3 is 9.47 Å². The average Bonchev–Trinajstić information content (AvgIpc) is 2.79. The van der Waals surface area contributed by atoms with Crippen molar-refractivity contribution in [1.29, 1.82) is 0 Å². The predicted molar refractivity (Wildman–Crippen MR) is 62.0 cm³/mol. The average molecular weight is 255 g/mol. The standard InChI is InChI=1S/C13H15F2NO2/c14-13(15)3-5-16(6-4-13)8-10-1-2-11-12(7-10)18-9-17-11/h1-2,7H,3-6,8-9H2. The van der Waals surface area contributed by atoms with Crippen LogP contribution >= 0.6 is 0 Å². The molecule has 98 valence electrons. The van der Waals surface area contributed by atoms with Crippen molar-refractivity contribution in [3.63, 3.8) is 0 Å². The second kappa shape index (κ2) is 4.39. The van der Waals surface area contributed by atoms with E-state index in [2.05, 4.69) is 4.90 Å². The summed E-state index contributed by atoms with van der Waals surface area (Å²) in [6, 6.07) is 5.76. The molecule has 2 aliphatic heterocycles. The Labute approximate surface area is 104 Å². The van der Waals surface area contributed by atoms with E-state index in [1.54, 1.807) is 0 Å². The molecule has 0 atom stereocenters. The summed E-state index contributed by atoms with van der Waals surface area (Å²) in [6.07, 6.45) is -0.0882. The summed E-state index contributed by atoms with van der Waals surface area (Å²) < 4.78 is 36.6. The molecule has 0 radical (unpaired) electrons. The molecule has 0 saturated carbocycles. The van der Waals surface area contributed by atoms with Gasteiger partial charge in [0.1, 0.15) is 0 Å². The fourth-order valence-corrected chi connectivity index (χ4v) is 2.34. The number of fused-ring (bicyclic) bond motifs is 1. The first-order valence-electron chi connectivity index (χ1n) is 6.11. The third-order valence-corrected chi connectivity index (χ3v) is 3.43. The molecule has 3 nitrogen and oxygen atoms in total. The molecule has 3 rings (SSSR count). The lowest BCUT2D eigenvalue weighted by molar-refractivity contribution is -0.0566. The van der Waals surface area contributed by atoms with E-state index in [-0.39, 0.29) is 19.6 Å². The number of hydrogen-bond acceptors (Lipinski definition) is 3. The minimum absolute atomic E-state index is 0.0441. The second-order valence-corrected chi connectivity index (χ2v) is 4.82. The van der Waals surface area contributed by atoms with E-state index in [0.29, 0.717) is 19.6 Å². The number of benzene rings is 1. The molecule has 1 saturated heterocycles. The molecule has 2 heterocycles. The highest BCUT2D eigenvalue weighted by atomic mass is 19.3. The molecular formula is C13H15F2NO2. The molecule has 0 unspecified atom stereocenters. The van der Waals surface area contributed by atoms with Crippen LogP contribution in [0.1, 0.15) is 18.4 Å². The van der Waals surface area contributed by atoms with Gasteiger partial charge in [0.05, 0.1) is 0 Å².